The van der Waals surface area contributed by atoms with E-state index in [0.717, 1.165) is 24.2 Å². The van der Waals surface area contributed by atoms with Gasteiger partial charge in [-0.05, 0) is 24.3 Å². The van der Waals surface area contributed by atoms with Crippen molar-refractivity contribution in [2.75, 3.05) is 19.8 Å². The van der Waals surface area contributed by atoms with Gasteiger partial charge in [-0.2, -0.15) is 13.2 Å². The Bertz CT molecular complexity index is 774. The second-order valence-electron chi connectivity index (χ2n) is 6.95. The van der Waals surface area contributed by atoms with Gasteiger partial charge in [0.25, 0.3) is 0 Å². The zero-order chi connectivity index (χ0) is 18.6. The predicted octanol–water partition coefficient (Wildman–Crippen LogP) is 0.951. The molecule has 10 heteroatoms. The minimum absolute atomic E-state index is 0.00608. The largest absolute Gasteiger partial charge is 0.406 e. The van der Waals surface area contributed by atoms with Crippen LogP contribution in [0.3, 0.4) is 0 Å². The number of urea groups is 1. The first-order valence-electron chi connectivity index (χ1n) is 8.41. The fraction of sp³-hybridized carbons (Fsp3) is 0.562. The van der Waals surface area contributed by atoms with Gasteiger partial charge in [-0.1, -0.05) is 0 Å². The van der Waals surface area contributed by atoms with E-state index in [9.17, 15) is 27.6 Å². The fourth-order valence-electron chi connectivity index (χ4n) is 3.89. The van der Waals surface area contributed by atoms with Crippen LogP contribution < -0.4 is 4.90 Å². The highest BCUT2D eigenvalue weighted by molar-refractivity contribution is 7.10. The molecule has 2 fully saturated rings. The number of carbonyl (C=O) groups excluding carboxylic acids is 3. The van der Waals surface area contributed by atoms with Crippen LogP contribution in [0.15, 0.2) is 11.4 Å². The molecule has 1 N–H and O–H groups in total. The number of hydrogen-bond donors (Lipinski definition) is 1. The molecule has 26 heavy (non-hydrogen) atoms. The summed E-state index contributed by atoms with van der Waals surface area (Å²) in [6.07, 6.45) is -1.82. The highest BCUT2D eigenvalue weighted by Gasteiger charge is 2.52. The third-order valence-electron chi connectivity index (χ3n) is 5.16. The fourth-order valence-corrected chi connectivity index (χ4v) is 4.82. The van der Waals surface area contributed by atoms with Gasteiger partial charge in [-0.3, -0.25) is 9.59 Å². The molecule has 1 saturated heterocycles. The first kappa shape index (κ1) is 17.5. The van der Waals surface area contributed by atoms with Gasteiger partial charge in [0.05, 0.1) is 6.54 Å². The number of carbonyl (C=O) groups is 3. The Morgan fingerprint density at radius 1 is 1.15 bits per heavy atom. The summed E-state index contributed by atoms with van der Waals surface area (Å²) >= 11 is 1.68. The van der Waals surface area contributed by atoms with Gasteiger partial charge in [0.2, 0.25) is 0 Å². The SMILES string of the molecule is O=C1C(=O)N(CC(F)(F)F)C(=O)N1C[NH+]1CCc2sccc2[C@@H]1C1CC1. The summed E-state index contributed by atoms with van der Waals surface area (Å²) in [5.41, 5.74) is 1.20. The van der Waals surface area contributed by atoms with E-state index in [1.54, 1.807) is 11.3 Å². The first-order chi connectivity index (χ1) is 12.3. The van der Waals surface area contributed by atoms with E-state index in [4.69, 9.17) is 0 Å². The Morgan fingerprint density at radius 2 is 1.85 bits per heavy atom. The van der Waals surface area contributed by atoms with Crippen LogP contribution in [-0.4, -0.2) is 53.6 Å². The Hall–Kier alpha value is -1.94. The van der Waals surface area contributed by atoms with Crippen LogP contribution in [0, 0.1) is 5.92 Å². The lowest BCUT2D eigenvalue weighted by molar-refractivity contribution is -0.943. The number of rotatable bonds is 4. The van der Waals surface area contributed by atoms with E-state index in [-0.39, 0.29) is 17.6 Å². The molecule has 1 aliphatic carbocycles. The van der Waals surface area contributed by atoms with E-state index in [2.05, 4.69) is 6.07 Å². The van der Waals surface area contributed by atoms with E-state index < -0.39 is 30.6 Å². The molecule has 0 spiro atoms. The molecule has 6 nitrogen and oxygen atoms in total. The summed E-state index contributed by atoms with van der Waals surface area (Å²) in [4.78, 5) is 39.1. The molecule has 0 radical (unpaired) electrons. The second-order valence-corrected chi connectivity index (χ2v) is 7.95. The minimum atomic E-state index is -4.73. The number of amides is 4. The van der Waals surface area contributed by atoms with Crippen molar-refractivity contribution < 1.29 is 32.5 Å². The number of quaternary nitrogens is 1. The minimum Gasteiger partial charge on any atom is -0.311 e. The number of alkyl halides is 3. The van der Waals surface area contributed by atoms with Crippen LogP contribution in [0.1, 0.15) is 29.3 Å². The number of thiophene rings is 1. The van der Waals surface area contributed by atoms with E-state index >= 15 is 0 Å². The maximum atomic E-state index is 12.6. The molecule has 0 bridgehead atoms. The van der Waals surface area contributed by atoms with E-state index in [0.29, 0.717) is 17.4 Å². The molecule has 4 amide bonds. The topological polar surface area (TPSA) is 62.1 Å². The van der Waals surface area contributed by atoms with Crippen LogP contribution in [0.5, 0.6) is 0 Å². The van der Waals surface area contributed by atoms with Gasteiger partial charge in [-0.15, -0.1) is 11.3 Å². The van der Waals surface area contributed by atoms with E-state index in [1.165, 1.54) is 10.4 Å². The lowest BCUT2D eigenvalue weighted by Crippen LogP contribution is -3.15. The van der Waals surface area contributed by atoms with E-state index in [1.807, 2.05) is 5.38 Å². The summed E-state index contributed by atoms with van der Waals surface area (Å²) in [7, 11) is 0. The number of imide groups is 2. The maximum absolute atomic E-state index is 12.6. The highest BCUT2D eigenvalue weighted by atomic mass is 32.1. The molecular formula is C16H17F3N3O3S+. The standard InChI is InChI=1S/C16H16F3N3O3S/c17-16(18,19)7-21-13(23)14(24)22(15(21)25)8-20-5-3-11-10(4-6-26-11)12(20)9-1-2-9/h4,6,9,12H,1-3,5,7-8H2/p+1/t12-/m0/s1. The van der Waals surface area contributed by atoms with Gasteiger partial charge in [0, 0.05) is 22.8 Å². The molecule has 0 aromatic carbocycles. The van der Waals surface area contributed by atoms with Crippen LogP contribution >= 0.6 is 11.3 Å². The Labute approximate surface area is 151 Å². The summed E-state index contributed by atoms with van der Waals surface area (Å²) in [6, 6.07) is 1.00. The molecule has 1 aromatic heterocycles. The van der Waals surface area contributed by atoms with Gasteiger partial charge >= 0.3 is 24.0 Å². The summed E-state index contributed by atoms with van der Waals surface area (Å²) in [5, 5.41) is 2.02. The van der Waals surface area contributed by atoms with Gasteiger partial charge < -0.3 is 4.90 Å². The summed E-state index contributed by atoms with van der Waals surface area (Å²) < 4.78 is 37.8. The molecule has 1 unspecified atom stereocenters. The zero-order valence-electron chi connectivity index (χ0n) is 13.7. The normalized spacial score (nSPS) is 26.7. The van der Waals surface area contributed by atoms with Gasteiger partial charge in [0.1, 0.15) is 12.6 Å². The molecule has 2 atom stereocenters. The molecule has 3 aliphatic rings. The van der Waals surface area contributed by atoms with Crippen molar-refractivity contribution in [2.45, 2.75) is 31.5 Å². The van der Waals surface area contributed by atoms with Crippen molar-refractivity contribution in [3.05, 3.63) is 21.9 Å². The van der Waals surface area contributed by atoms with Gasteiger partial charge in [-0.25, -0.2) is 14.6 Å². The molecule has 3 heterocycles. The summed E-state index contributed by atoms with van der Waals surface area (Å²) in [6.45, 7) is -1.13. The Balaban J connectivity index is 1.54. The number of hydrogen-bond acceptors (Lipinski definition) is 4. The highest BCUT2D eigenvalue weighted by Crippen LogP contribution is 2.42. The summed E-state index contributed by atoms with van der Waals surface area (Å²) in [5.74, 6) is -2.12. The Kier molecular flexibility index (Phi) is 4.07. The third kappa shape index (κ3) is 3.01. The van der Waals surface area contributed by atoms with Crippen molar-refractivity contribution in [3.63, 3.8) is 0 Å². The number of nitrogens with zero attached hydrogens (tertiary/aromatic N) is 2. The van der Waals surface area contributed by atoms with Crippen LogP contribution in [0.4, 0.5) is 18.0 Å². The van der Waals surface area contributed by atoms with Crippen molar-refractivity contribution in [3.8, 4) is 0 Å². The maximum Gasteiger partial charge on any atom is 0.406 e. The average molecular weight is 388 g/mol. The second kappa shape index (κ2) is 6.05. The van der Waals surface area contributed by atoms with Crippen molar-refractivity contribution >= 4 is 29.2 Å². The lowest BCUT2D eigenvalue weighted by atomic mass is 9.96. The lowest BCUT2D eigenvalue weighted by Gasteiger charge is -2.34. The molecule has 4 rings (SSSR count). The van der Waals surface area contributed by atoms with Gasteiger partial charge in [0.15, 0.2) is 6.67 Å². The first-order valence-corrected chi connectivity index (χ1v) is 9.29. The Morgan fingerprint density at radius 3 is 2.50 bits per heavy atom. The third-order valence-corrected chi connectivity index (χ3v) is 6.15. The van der Waals surface area contributed by atoms with Crippen molar-refractivity contribution in [1.29, 1.82) is 0 Å². The number of fused-ring (bicyclic) bond motifs is 1. The van der Waals surface area contributed by atoms with Crippen LogP contribution in [0.25, 0.3) is 0 Å². The molecule has 1 saturated carbocycles. The molecular weight excluding hydrogens is 371 g/mol. The van der Waals surface area contributed by atoms with Crippen LogP contribution in [0.2, 0.25) is 0 Å². The number of nitrogens with one attached hydrogen (secondary N) is 1. The van der Waals surface area contributed by atoms with Crippen molar-refractivity contribution in [2.24, 2.45) is 5.92 Å². The zero-order valence-corrected chi connectivity index (χ0v) is 14.5. The monoisotopic (exact) mass is 388 g/mol. The molecule has 1 aromatic rings. The number of halogens is 3. The molecule has 2 aliphatic heterocycles. The average Bonchev–Trinajstić information content (AvgIpc) is 3.26. The predicted molar refractivity (Wildman–Crippen MR) is 84.2 cm³/mol. The quantitative estimate of drug-likeness (QED) is 0.617. The smallest absolute Gasteiger partial charge is 0.311 e. The molecule has 140 valence electrons. The van der Waals surface area contributed by atoms with Crippen molar-refractivity contribution in [1.82, 2.24) is 9.80 Å². The van der Waals surface area contributed by atoms with Crippen LogP contribution in [-0.2, 0) is 16.0 Å².